The first-order valence-electron chi connectivity index (χ1n) is 5.11. The van der Waals surface area contributed by atoms with Crippen LogP contribution in [0, 0.1) is 0 Å². The van der Waals surface area contributed by atoms with Crippen molar-refractivity contribution in [1.82, 2.24) is 5.32 Å². The Balaban J connectivity index is 2.35. The summed E-state index contributed by atoms with van der Waals surface area (Å²) in [6, 6.07) is 5.99. The molecule has 1 heterocycles. The minimum absolute atomic E-state index is 0.138. The molecular weight excluding hydrogens is 272 g/mol. The van der Waals surface area contributed by atoms with Crippen LogP contribution in [-0.2, 0) is 0 Å². The van der Waals surface area contributed by atoms with Gasteiger partial charge in [0.1, 0.15) is 0 Å². The van der Waals surface area contributed by atoms with Crippen LogP contribution in [0.3, 0.4) is 0 Å². The van der Waals surface area contributed by atoms with Gasteiger partial charge in [0.2, 0.25) is 0 Å². The maximum absolute atomic E-state index is 10.7. The summed E-state index contributed by atoms with van der Waals surface area (Å²) in [4.78, 5) is 10.7. The van der Waals surface area contributed by atoms with E-state index in [9.17, 15) is 4.79 Å². The zero-order valence-electron chi connectivity index (χ0n) is 8.83. The van der Waals surface area contributed by atoms with Gasteiger partial charge in [0, 0.05) is 16.2 Å². The van der Waals surface area contributed by atoms with Crippen LogP contribution in [0.1, 0.15) is 24.9 Å². The highest BCUT2D eigenvalue weighted by Crippen LogP contribution is 2.34. The van der Waals surface area contributed by atoms with Crippen molar-refractivity contribution in [2.75, 3.05) is 5.32 Å². The fourth-order valence-electron chi connectivity index (χ4n) is 2.04. The summed E-state index contributed by atoms with van der Waals surface area (Å²) in [5.74, 6) is 0. The Bertz CT molecular complexity index is 422. The number of fused-ring (bicyclic) bond motifs is 1. The summed E-state index contributed by atoms with van der Waals surface area (Å²) in [6.45, 7) is 2.04. The van der Waals surface area contributed by atoms with E-state index in [0.717, 1.165) is 22.1 Å². The summed E-state index contributed by atoms with van der Waals surface area (Å²) in [6.07, 6.45) is -0.222. The van der Waals surface area contributed by atoms with Gasteiger partial charge >= 0.3 is 6.09 Å². The largest absolute Gasteiger partial charge is 0.465 e. The molecule has 3 N–H and O–H groups in total. The molecule has 2 atom stereocenters. The lowest BCUT2D eigenvalue weighted by molar-refractivity contribution is 0.188. The minimum Gasteiger partial charge on any atom is -0.465 e. The second-order valence-corrected chi connectivity index (χ2v) is 4.93. The van der Waals surface area contributed by atoms with E-state index in [1.54, 1.807) is 0 Å². The highest BCUT2D eigenvalue weighted by atomic mass is 79.9. The first-order valence-corrected chi connectivity index (χ1v) is 5.91. The smallest absolute Gasteiger partial charge is 0.405 e. The van der Waals surface area contributed by atoms with Crippen molar-refractivity contribution in [2.45, 2.75) is 25.4 Å². The van der Waals surface area contributed by atoms with E-state index in [0.29, 0.717) is 0 Å². The SMILES string of the molecule is C[C@@H]1C[C@H](NC(=O)O)c2cc(Br)ccc2N1. The van der Waals surface area contributed by atoms with Crippen molar-refractivity contribution in [2.24, 2.45) is 0 Å². The van der Waals surface area contributed by atoms with Gasteiger partial charge in [0.25, 0.3) is 0 Å². The fraction of sp³-hybridized carbons (Fsp3) is 0.364. The van der Waals surface area contributed by atoms with Crippen LogP contribution < -0.4 is 10.6 Å². The Hall–Kier alpha value is -1.23. The molecule has 2 rings (SSSR count). The molecule has 0 radical (unpaired) electrons. The van der Waals surface area contributed by atoms with Gasteiger partial charge in [-0.15, -0.1) is 0 Å². The number of amides is 1. The number of hydrogen-bond acceptors (Lipinski definition) is 2. The van der Waals surface area contributed by atoms with Crippen LogP contribution >= 0.6 is 15.9 Å². The van der Waals surface area contributed by atoms with Gasteiger partial charge < -0.3 is 15.7 Å². The first kappa shape index (κ1) is 11.3. The number of anilines is 1. The van der Waals surface area contributed by atoms with Gasteiger partial charge in [-0.05, 0) is 37.1 Å². The number of hydrogen-bond donors (Lipinski definition) is 3. The third kappa shape index (κ3) is 2.29. The predicted octanol–water partition coefficient (Wildman–Crippen LogP) is 2.96. The topological polar surface area (TPSA) is 61.4 Å². The first-order chi connectivity index (χ1) is 7.56. The summed E-state index contributed by atoms with van der Waals surface area (Å²) >= 11 is 3.40. The number of rotatable bonds is 1. The zero-order valence-corrected chi connectivity index (χ0v) is 10.4. The maximum atomic E-state index is 10.7. The van der Waals surface area contributed by atoms with Crippen molar-refractivity contribution < 1.29 is 9.90 Å². The number of nitrogens with one attached hydrogen (secondary N) is 2. The normalized spacial score (nSPS) is 23.1. The maximum Gasteiger partial charge on any atom is 0.405 e. The molecule has 0 saturated carbocycles. The van der Waals surface area contributed by atoms with Crippen molar-refractivity contribution in [3.05, 3.63) is 28.2 Å². The highest BCUT2D eigenvalue weighted by molar-refractivity contribution is 9.10. The van der Waals surface area contributed by atoms with Crippen molar-refractivity contribution in [3.63, 3.8) is 0 Å². The van der Waals surface area contributed by atoms with Gasteiger partial charge in [-0.25, -0.2) is 4.79 Å². The van der Waals surface area contributed by atoms with Gasteiger partial charge in [-0.3, -0.25) is 0 Å². The lowest BCUT2D eigenvalue weighted by Gasteiger charge is -2.31. The number of carboxylic acid groups (broad SMARTS) is 1. The second kappa shape index (κ2) is 4.33. The van der Waals surface area contributed by atoms with Crippen LogP contribution in [0.2, 0.25) is 0 Å². The Labute approximate surface area is 102 Å². The molecule has 1 aliphatic heterocycles. The van der Waals surface area contributed by atoms with Crippen molar-refractivity contribution >= 4 is 27.7 Å². The van der Waals surface area contributed by atoms with Crippen LogP contribution in [0.5, 0.6) is 0 Å². The van der Waals surface area contributed by atoms with Gasteiger partial charge in [-0.1, -0.05) is 15.9 Å². The molecule has 0 saturated heterocycles. The molecule has 4 nitrogen and oxygen atoms in total. The van der Waals surface area contributed by atoms with Crippen molar-refractivity contribution in [1.29, 1.82) is 0 Å². The molecule has 0 aromatic heterocycles. The van der Waals surface area contributed by atoms with E-state index < -0.39 is 6.09 Å². The van der Waals surface area contributed by atoms with E-state index in [1.165, 1.54) is 0 Å². The molecule has 0 spiro atoms. The molecule has 16 heavy (non-hydrogen) atoms. The van der Waals surface area contributed by atoms with Crippen LogP contribution in [0.25, 0.3) is 0 Å². The van der Waals surface area contributed by atoms with E-state index in [4.69, 9.17) is 5.11 Å². The van der Waals surface area contributed by atoms with Crippen LogP contribution in [0.4, 0.5) is 10.5 Å². The molecule has 0 aliphatic carbocycles. The Kier molecular flexibility index (Phi) is 3.05. The molecule has 86 valence electrons. The van der Waals surface area contributed by atoms with Crippen molar-refractivity contribution in [3.8, 4) is 0 Å². The van der Waals surface area contributed by atoms with Gasteiger partial charge in [0.05, 0.1) is 6.04 Å². The molecule has 0 bridgehead atoms. The lowest BCUT2D eigenvalue weighted by atomic mass is 9.94. The van der Waals surface area contributed by atoms with E-state index >= 15 is 0 Å². The van der Waals surface area contributed by atoms with Crippen LogP contribution in [-0.4, -0.2) is 17.2 Å². The average Bonchev–Trinajstić information content (AvgIpc) is 2.18. The summed E-state index contributed by atoms with van der Waals surface area (Å²) in [5.41, 5.74) is 2.00. The Morgan fingerprint density at radius 2 is 2.38 bits per heavy atom. The molecular formula is C11H13BrN2O2. The second-order valence-electron chi connectivity index (χ2n) is 4.01. The zero-order chi connectivity index (χ0) is 11.7. The molecule has 5 heteroatoms. The Morgan fingerprint density at radius 3 is 3.06 bits per heavy atom. The number of carbonyl (C=O) groups is 1. The molecule has 1 amide bonds. The summed E-state index contributed by atoms with van der Waals surface area (Å²) < 4.78 is 0.958. The van der Waals surface area contributed by atoms with Gasteiger partial charge in [0.15, 0.2) is 0 Å². The van der Waals surface area contributed by atoms with E-state index in [2.05, 4.69) is 26.6 Å². The monoisotopic (exact) mass is 284 g/mol. The third-order valence-corrected chi connectivity index (χ3v) is 3.17. The highest BCUT2D eigenvalue weighted by Gasteiger charge is 2.25. The lowest BCUT2D eigenvalue weighted by Crippen LogP contribution is -2.35. The Morgan fingerprint density at radius 1 is 1.62 bits per heavy atom. The van der Waals surface area contributed by atoms with E-state index in [1.807, 2.05) is 25.1 Å². The minimum atomic E-state index is -0.981. The quantitative estimate of drug-likeness (QED) is 0.743. The number of benzene rings is 1. The average molecular weight is 285 g/mol. The molecule has 1 aromatic carbocycles. The molecule has 1 aromatic rings. The standard InChI is InChI=1S/C11H13BrN2O2/c1-6-4-10(14-11(15)16)8-5-7(12)2-3-9(8)13-6/h2-3,5-6,10,13-14H,4H2,1H3,(H,15,16)/t6-,10+/m1/s1. The van der Waals surface area contributed by atoms with E-state index in [-0.39, 0.29) is 12.1 Å². The molecule has 0 fully saturated rings. The third-order valence-electron chi connectivity index (χ3n) is 2.68. The van der Waals surface area contributed by atoms with Crippen LogP contribution in [0.15, 0.2) is 22.7 Å². The summed E-state index contributed by atoms with van der Waals surface area (Å²) in [7, 11) is 0. The molecule has 1 aliphatic rings. The number of halogens is 1. The van der Waals surface area contributed by atoms with Gasteiger partial charge in [-0.2, -0.15) is 0 Å². The fourth-order valence-corrected chi connectivity index (χ4v) is 2.42. The summed E-state index contributed by atoms with van der Waals surface area (Å²) in [5, 5.41) is 14.7. The predicted molar refractivity (Wildman–Crippen MR) is 65.7 cm³/mol. The molecule has 0 unspecified atom stereocenters.